The lowest BCUT2D eigenvalue weighted by molar-refractivity contribution is -0.116. The minimum atomic E-state index is -0.121. The van der Waals surface area contributed by atoms with Crippen LogP contribution >= 0.6 is 11.8 Å². The number of aromatic nitrogens is 1. The molecule has 26 heavy (non-hydrogen) atoms. The molecule has 1 aromatic carbocycles. The number of hydrogen-bond donors (Lipinski definition) is 0. The number of thioether (sulfide) groups is 1. The minimum Gasteiger partial charge on any atom is -0.446 e. The van der Waals surface area contributed by atoms with Gasteiger partial charge in [0, 0.05) is 18.0 Å². The van der Waals surface area contributed by atoms with Gasteiger partial charge in [0.05, 0.1) is 11.4 Å². The quantitative estimate of drug-likeness (QED) is 0.742. The predicted molar refractivity (Wildman–Crippen MR) is 101 cm³/mol. The smallest absolute Gasteiger partial charge is 0.275 e. The van der Waals surface area contributed by atoms with Gasteiger partial charge in [-0.2, -0.15) is 0 Å². The van der Waals surface area contributed by atoms with E-state index in [9.17, 15) is 9.59 Å². The van der Waals surface area contributed by atoms with Crippen molar-refractivity contribution in [3.63, 3.8) is 0 Å². The molecule has 2 amide bonds. The van der Waals surface area contributed by atoms with Crippen molar-refractivity contribution in [2.24, 2.45) is 0 Å². The van der Waals surface area contributed by atoms with Gasteiger partial charge in [-0.05, 0) is 25.0 Å². The summed E-state index contributed by atoms with van der Waals surface area (Å²) < 4.78 is 5.50. The largest absolute Gasteiger partial charge is 0.446 e. The fourth-order valence-corrected chi connectivity index (χ4v) is 3.90. The lowest BCUT2D eigenvalue weighted by Crippen LogP contribution is -2.35. The van der Waals surface area contributed by atoms with Gasteiger partial charge in [-0.3, -0.25) is 9.59 Å². The molecule has 0 radical (unpaired) electrons. The molecule has 0 saturated carbocycles. The zero-order valence-corrected chi connectivity index (χ0v) is 15.9. The molecule has 1 aliphatic rings. The molecule has 2 aromatic rings. The summed E-state index contributed by atoms with van der Waals surface area (Å²) in [5.41, 5.74) is 1.16. The number of carbonyl (C=O) groups excluding carboxylic acids is 2. The number of para-hydroxylation sites is 1. The fourth-order valence-electron chi connectivity index (χ4n) is 2.96. The number of fused-ring (bicyclic) bond motifs is 1. The van der Waals surface area contributed by atoms with E-state index >= 15 is 0 Å². The Kier molecular flexibility index (Phi) is 5.98. The lowest BCUT2D eigenvalue weighted by Gasteiger charge is -2.27. The molecular formula is C19H23N3O3S. The number of nitrogens with zero attached hydrogens (tertiary/aromatic N) is 3. The van der Waals surface area contributed by atoms with Crippen molar-refractivity contribution >= 4 is 29.3 Å². The monoisotopic (exact) mass is 373 g/mol. The second kappa shape index (κ2) is 8.40. The highest BCUT2D eigenvalue weighted by atomic mass is 32.2. The predicted octanol–water partition coefficient (Wildman–Crippen LogP) is 3.58. The summed E-state index contributed by atoms with van der Waals surface area (Å²) in [6.07, 6.45) is 3.19. The Balaban J connectivity index is 1.76. The second-order valence-corrected chi connectivity index (χ2v) is 7.17. The first-order chi connectivity index (χ1) is 12.6. The number of oxazole rings is 1. The van der Waals surface area contributed by atoms with Crippen LogP contribution in [0, 0.1) is 0 Å². The average molecular weight is 373 g/mol. The number of benzene rings is 1. The van der Waals surface area contributed by atoms with E-state index in [1.54, 1.807) is 9.80 Å². The van der Waals surface area contributed by atoms with Crippen molar-refractivity contribution in [1.29, 1.82) is 0 Å². The maximum Gasteiger partial charge on any atom is 0.275 e. The normalized spacial score (nSPS) is 13.6. The van der Waals surface area contributed by atoms with Crippen LogP contribution in [-0.4, -0.2) is 40.5 Å². The first kappa shape index (κ1) is 18.5. The van der Waals surface area contributed by atoms with E-state index in [1.807, 2.05) is 38.1 Å². The summed E-state index contributed by atoms with van der Waals surface area (Å²) in [7, 11) is 0. The molecule has 0 unspecified atom stereocenters. The fraction of sp³-hybridized carbons (Fsp3) is 0.421. The highest BCUT2D eigenvalue weighted by Crippen LogP contribution is 2.35. The topological polar surface area (TPSA) is 66.7 Å². The maximum absolute atomic E-state index is 12.6. The van der Waals surface area contributed by atoms with E-state index in [2.05, 4.69) is 4.98 Å². The van der Waals surface area contributed by atoms with Crippen LogP contribution in [0.5, 0.6) is 0 Å². The zero-order chi connectivity index (χ0) is 18.5. The van der Waals surface area contributed by atoms with E-state index < -0.39 is 0 Å². The van der Waals surface area contributed by atoms with Gasteiger partial charge in [0.15, 0.2) is 5.69 Å². The summed E-state index contributed by atoms with van der Waals surface area (Å²) >= 11 is 1.53. The second-order valence-electron chi connectivity index (χ2n) is 6.15. The Labute approximate surface area is 157 Å². The minimum absolute atomic E-state index is 0.0124. The van der Waals surface area contributed by atoms with Gasteiger partial charge in [-0.25, -0.2) is 4.98 Å². The molecule has 138 valence electrons. The van der Waals surface area contributed by atoms with Gasteiger partial charge < -0.3 is 14.2 Å². The third kappa shape index (κ3) is 3.93. The molecule has 0 atom stereocenters. The Hall–Kier alpha value is -2.28. The Bertz CT molecular complexity index is 784. The number of rotatable bonds is 7. The summed E-state index contributed by atoms with van der Waals surface area (Å²) in [5, 5.41) is 0. The molecule has 0 N–H and O–H groups in total. The van der Waals surface area contributed by atoms with Crippen molar-refractivity contribution in [2.45, 2.75) is 38.1 Å². The van der Waals surface area contributed by atoms with Gasteiger partial charge in [0.25, 0.3) is 5.91 Å². The van der Waals surface area contributed by atoms with Gasteiger partial charge in [0.2, 0.25) is 11.8 Å². The van der Waals surface area contributed by atoms with Gasteiger partial charge in [0.1, 0.15) is 12.8 Å². The van der Waals surface area contributed by atoms with Crippen molar-refractivity contribution in [1.82, 2.24) is 9.88 Å². The number of anilines is 1. The molecule has 2 heterocycles. The SMILES string of the molecule is CCCN(CCC)C(=O)c1coc(CN2C(=O)CSc3ccccc32)n1. The third-order valence-electron chi connectivity index (χ3n) is 4.15. The third-order valence-corrected chi connectivity index (χ3v) is 5.19. The molecule has 0 bridgehead atoms. The van der Waals surface area contributed by atoms with Crippen LogP contribution in [0.15, 0.2) is 39.8 Å². The summed E-state index contributed by atoms with van der Waals surface area (Å²) in [6, 6.07) is 7.77. The van der Waals surface area contributed by atoms with Gasteiger partial charge in [-0.1, -0.05) is 26.0 Å². The average Bonchev–Trinajstić information content (AvgIpc) is 3.12. The van der Waals surface area contributed by atoms with Gasteiger partial charge >= 0.3 is 0 Å². The van der Waals surface area contributed by atoms with E-state index in [0.29, 0.717) is 30.4 Å². The van der Waals surface area contributed by atoms with Crippen LogP contribution in [0.1, 0.15) is 43.1 Å². The molecule has 1 aromatic heterocycles. The Morgan fingerprint density at radius 2 is 2.00 bits per heavy atom. The Morgan fingerprint density at radius 1 is 1.27 bits per heavy atom. The standard InChI is InChI=1S/C19H23N3O3S/c1-3-9-21(10-4-2)19(24)14-12-25-17(20-14)11-22-15-7-5-6-8-16(15)26-13-18(22)23/h5-8,12H,3-4,9-11,13H2,1-2H3. The van der Waals surface area contributed by atoms with Crippen molar-refractivity contribution in [3.05, 3.63) is 42.1 Å². The van der Waals surface area contributed by atoms with E-state index in [0.717, 1.165) is 23.4 Å². The number of hydrogen-bond acceptors (Lipinski definition) is 5. The molecular weight excluding hydrogens is 350 g/mol. The molecule has 0 fully saturated rings. The van der Waals surface area contributed by atoms with Crippen molar-refractivity contribution in [3.8, 4) is 0 Å². The highest BCUT2D eigenvalue weighted by Gasteiger charge is 2.27. The van der Waals surface area contributed by atoms with E-state index in [-0.39, 0.29) is 18.4 Å². The van der Waals surface area contributed by atoms with Crippen LogP contribution in [0.25, 0.3) is 0 Å². The van der Waals surface area contributed by atoms with Crippen LogP contribution in [0.3, 0.4) is 0 Å². The molecule has 1 aliphatic heterocycles. The molecule has 0 spiro atoms. The molecule has 6 nitrogen and oxygen atoms in total. The van der Waals surface area contributed by atoms with Crippen molar-refractivity contribution in [2.75, 3.05) is 23.7 Å². The maximum atomic E-state index is 12.6. The molecule has 7 heteroatoms. The lowest BCUT2D eigenvalue weighted by atomic mass is 10.2. The van der Waals surface area contributed by atoms with E-state index in [1.165, 1.54) is 18.0 Å². The number of amides is 2. The van der Waals surface area contributed by atoms with Crippen LogP contribution < -0.4 is 4.90 Å². The summed E-state index contributed by atoms with van der Waals surface area (Å²) in [5.74, 6) is 0.656. The first-order valence-corrected chi connectivity index (χ1v) is 9.88. The molecule has 3 rings (SSSR count). The molecule has 0 aliphatic carbocycles. The Morgan fingerprint density at radius 3 is 2.73 bits per heavy atom. The number of carbonyl (C=O) groups is 2. The van der Waals surface area contributed by atoms with Crippen LogP contribution in [0.4, 0.5) is 5.69 Å². The van der Waals surface area contributed by atoms with E-state index in [4.69, 9.17) is 4.42 Å². The summed E-state index contributed by atoms with van der Waals surface area (Å²) in [6.45, 7) is 5.71. The molecule has 0 saturated heterocycles. The first-order valence-electron chi connectivity index (χ1n) is 8.89. The van der Waals surface area contributed by atoms with Gasteiger partial charge in [-0.15, -0.1) is 11.8 Å². The van der Waals surface area contributed by atoms with Crippen molar-refractivity contribution < 1.29 is 14.0 Å². The van der Waals surface area contributed by atoms with Crippen LogP contribution in [0.2, 0.25) is 0 Å². The highest BCUT2D eigenvalue weighted by molar-refractivity contribution is 8.00. The zero-order valence-electron chi connectivity index (χ0n) is 15.1. The summed E-state index contributed by atoms with van der Waals surface area (Å²) in [4.78, 5) is 33.8. The van der Waals surface area contributed by atoms with Crippen LogP contribution in [-0.2, 0) is 11.3 Å².